The van der Waals surface area contributed by atoms with Gasteiger partial charge in [0, 0.05) is 0 Å². The SMILES string of the molecule is CC(C)c1n(Cc2ccccc2)cc[n+]1Cc1ccccc1. The molecule has 22 heavy (non-hydrogen) atoms. The molecule has 0 radical (unpaired) electrons. The summed E-state index contributed by atoms with van der Waals surface area (Å²) in [6, 6.07) is 21.3. The van der Waals surface area contributed by atoms with E-state index in [1.807, 2.05) is 0 Å². The summed E-state index contributed by atoms with van der Waals surface area (Å²) in [6.45, 7) is 6.38. The summed E-state index contributed by atoms with van der Waals surface area (Å²) < 4.78 is 4.73. The average Bonchev–Trinajstić information content (AvgIpc) is 2.92. The van der Waals surface area contributed by atoms with Crippen LogP contribution >= 0.6 is 0 Å². The molecule has 1 heterocycles. The molecule has 0 atom stereocenters. The zero-order chi connectivity index (χ0) is 15.4. The van der Waals surface area contributed by atoms with E-state index in [9.17, 15) is 0 Å². The maximum Gasteiger partial charge on any atom is 0.259 e. The summed E-state index contributed by atoms with van der Waals surface area (Å²) in [6.07, 6.45) is 4.40. The van der Waals surface area contributed by atoms with Crippen LogP contribution in [0.25, 0.3) is 0 Å². The number of hydrogen-bond acceptors (Lipinski definition) is 0. The number of aromatic nitrogens is 2. The minimum Gasteiger partial charge on any atom is -0.230 e. The highest BCUT2D eigenvalue weighted by Crippen LogP contribution is 2.13. The first-order valence-corrected chi connectivity index (χ1v) is 7.90. The molecular weight excluding hydrogens is 268 g/mol. The maximum absolute atomic E-state index is 2.36. The molecule has 0 aliphatic carbocycles. The predicted molar refractivity (Wildman–Crippen MR) is 89.8 cm³/mol. The topological polar surface area (TPSA) is 8.81 Å². The van der Waals surface area contributed by atoms with Gasteiger partial charge in [0.1, 0.15) is 25.5 Å². The Balaban J connectivity index is 1.89. The number of nitrogens with zero attached hydrogens (tertiary/aromatic N) is 2. The lowest BCUT2D eigenvalue weighted by atomic mass is 10.1. The Morgan fingerprint density at radius 2 is 1.45 bits per heavy atom. The zero-order valence-electron chi connectivity index (χ0n) is 13.3. The van der Waals surface area contributed by atoms with Crippen LogP contribution in [0.1, 0.15) is 36.7 Å². The van der Waals surface area contributed by atoms with Crippen molar-refractivity contribution in [2.75, 3.05) is 0 Å². The van der Waals surface area contributed by atoms with Crippen LogP contribution in [0.15, 0.2) is 73.1 Å². The third-order valence-corrected chi connectivity index (χ3v) is 3.92. The quantitative estimate of drug-likeness (QED) is 0.628. The second-order valence-corrected chi connectivity index (χ2v) is 6.04. The first-order valence-electron chi connectivity index (χ1n) is 7.90. The van der Waals surface area contributed by atoms with Crippen LogP contribution in [0.2, 0.25) is 0 Å². The van der Waals surface area contributed by atoms with Crippen molar-refractivity contribution in [3.8, 4) is 0 Å². The van der Waals surface area contributed by atoms with Gasteiger partial charge in [0.05, 0.1) is 5.92 Å². The molecule has 2 nitrogen and oxygen atoms in total. The number of benzene rings is 2. The molecule has 0 aliphatic rings. The van der Waals surface area contributed by atoms with Crippen LogP contribution in [-0.4, -0.2) is 4.57 Å². The van der Waals surface area contributed by atoms with E-state index in [0.717, 1.165) is 13.1 Å². The lowest BCUT2D eigenvalue weighted by molar-refractivity contribution is -0.696. The highest BCUT2D eigenvalue weighted by Gasteiger charge is 2.20. The lowest BCUT2D eigenvalue weighted by Gasteiger charge is -2.08. The summed E-state index contributed by atoms with van der Waals surface area (Å²) in [7, 11) is 0. The van der Waals surface area contributed by atoms with Crippen LogP contribution in [-0.2, 0) is 13.1 Å². The van der Waals surface area contributed by atoms with Gasteiger partial charge in [0.2, 0.25) is 0 Å². The van der Waals surface area contributed by atoms with Crippen molar-refractivity contribution in [1.82, 2.24) is 4.57 Å². The molecule has 0 amide bonds. The molecule has 0 aliphatic heterocycles. The van der Waals surface area contributed by atoms with Gasteiger partial charge in [0.25, 0.3) is 5.82 Å². The molecule has 1 aromatic heterocycles. The van der Waals surface area contributed by atoms with Gasteiger partial charge in [-0.2, -0.15) is 0 Å². The Labute approximate surface area is 132 Å². The number of rotatable bonds is 5. The van der Waals surface area contributed by atoms with E-state index in [1.165, 1.54) is 17.0 Å². The van der Waals surface area contributed by atoms with Gasteiger partial charge in [-0.3, -0.25) is 0 Å². The molecule has 2 heteroatoms. The fraction of sp³-hybridized carbons (Fsp3) is 0.250. The Kier molecular flexibility index (Phi) is 4.38. The van der Waals surface area contributed by atoms with Gasteiger partial charge in [-0.1, -0.05) is 74.5 Å². The van der Waals surface area contributed by atoms with Crippen molar-refractivity contribution in [2.24, 2.45) is 0 Å². The summed E-state index contributed by atoms with van der Waals surface area (Å²) in [5, 5.41) is 0. The monoisotopic (exact) mass is 291 g/mol. The number of imidazole rings is 1. The fourth-order valence-electron chi connectivity index (χ4n) is 2.97. The Morgan fingerprint density at radius 3 is 2.05 bits per heavy atom. The molecule has 3 rings (SSSR count). The number of hydrogen-bond donors (Lipinski definition) is 0. The Morgan fingerprint density at radius 1 is 0.864 bits per heavy atom. The van der Waals surface area contributed by atoms with E-state index in [4.69, 9.17) is 0 Å². The van der Waals surface area contributed by atoms with E-state index in [1.54, 1.807) is 0 Å². The molecule has 0 fully saturated rings. The molecule has 0 N–H and O–H groups in total. The lowest BCUT2D eigenvalue weighted by Crippen LogP contribution is -2.38. The first-order chi connectivity index (χ1) is 10.7. The van der Waals surface area contributed by atoms with Crippen molar-refractivity contribution in [1.29, 1.82) is 0 Å². The third-order valence-electron chi connectivity index (χ3n) is 3.92. The van der Waals surface area contributed by atoms with E-state index >= 15 is 0 Å². The minimum atomic E-state index is 0.488. The molecule has 0 saturated carbocycles. The summed E-state index contributed by atoms with van der Waals surface area (Å²) in [5.74, 6) is 1.86. The predicted octanol–water partition coefficient (Wildman–Crippen LogP) is 4.00. The minimum absolute atomic E-state index is 0.488. The van der Waals surface area contributed by atoms with Crippen LogP contribution in [0.3, 0.4) is 0 Å². The maximum atomic E-state index is 2.36. The van der Waals surface area contributed by atoms with Crippen molar-refractivity contribution in [2.45, 2.75) is 32.9 Å². The Bertz CT molecular complexity index is 653. The van der Waals surface area contributed by atoms with Gasteiger partial charge >= 0.3 is 0 Å². The van der Waals surface area contributed by atoms with Gasteiger partial charge in [-0.25, -0.2) is 9.13 Å². The second-order valence-electron chi connectivity index (χ2n) is 6.04. The van der Waals surface area contributed by atoms with Crippen LogP contribution < -0.4 is 4.57 Å². The van der Waals surface area contributed by atoms with Crippen molar-refractivity contribution < 1.29 is 4.57 Å². The second kappa shape index (κ2) is 6.61. The van der Waals surface area contributed by atoms with Crippen molar-refractivity contribution >= 4 is 0 Å². The molecule has 0 bridgehead atoms. The standard InChI is InChI=1S/C20H23N2/c1-17(2)20-21(15-18-9-5-3-6-10-18)13-14-22(20)16-19-11-7-4-8-12-19/h3-14,17H,15-16H2,1-2H3/q+1. The largest absolute Gasteiger partial charge is 0.259 e. The van der Waals surface area contributed by atoms with Crippen molar-refractivity contribution in [3.63, 3.8) is 0 Å². The highest BCUT2D eigenvalue weighted by molar-refractivity contribution is 5.16. The van der Waals surface area contributed by atoms with Crippen LogP contribution in [0, 0.1) is 0 Å². The smallest absolute Gasteiger partial charge is 0.230 e. The summed E-state index contributed by atoms with van der Waals surface area (Å²) >= 11 is 0. The molecular formula is C20H23N2+. The molecule has 112 valence electrons. The summed E-state index contributed by atoms with van der Waals surface area (Å²) in [5.41, 5.74) is 2.68. The van der Waals surface area contributed by atoms with Gasteiger partial charge in [-0.15, -0.1) is 0 Å². The molecule has 0 saturated heterocycles. The third kappa shape index (κ3) is 3.28. The van der Waals surface area contributed by atoms with Gasteiger partial charge in [0.15, 0.2) is 0 Å². The fourth-order valence-corrected chi connectivity index (χ4v) is 2.97. The van der Waals surface area contributed by atoms with Crippen molar-refractivity contribution in [3.05, 3.63) is 90.0 Å². The first kappa shape index (κ1) is 14.6. The molecule has 2 aromatic carbocycles. The Hall–Kier alpha value is -2.35. The summed E-state index contributed by atoms with van der Waals surface area (Å²) in [4.78, 5) is 0. The normalized spacial score (nSPS) is 11.0. The van der Waals surface area contributed by atoms with Gasteiger partial charge < -0.3 is 0 Å². The van der Waals surface area contributed by atoms with E-state index < -0.39 is 0 Å². The molecule has 0 spiro atoms. The average molecular weight is 291 g/mol. The molecule has 0 unspecified atom stereocenters. The zero-order valence-corrected chi connectivity index (χ0v) is 13.3. The van der Waals surface area contributed by atoms with Gasteiger partial charge in [-0.05, 0) is 11.1 Å². The van der Waals surface area contributed by atoms with E-state index in [-0.39, 0.29) is 0 Å². The van der Waals surface area contributed by atoms with E-state index in [2.05, 4.69) is 96.0 Å². The van der Waals surface area contributed by atoms with E-state index in [0.29, 0.717) is 5.92 Å². The molecule has 3 aromatic rings. The van der Waals surface area contributed by atoms with Crippen LogP contribution in [0.4, 0.5) is 0 Å². The highest BCUT2D eigenvalue weighted by atomic mass is 15.1. The van der Waals surface area contributed by atoms with Crippen LogP contribution in [0.5, 0.6) is 0 Å².